The summed E-state index contributed by atoms with van der Waals surface area (Å²) < 4.78 is 13.5. The van der Waals surface area contributed by atoms with Crippen molar-refractivity contribution in [2.24, 2.45) is 0 Å². The van der Waals surface area contributed by atoms with Crippen molar-refractivity contribution in [3.63, 3.8) is 0 Å². The van der Waals surface area contributed by atoms with Crippen molar-refractivity contribution in [1.82, 2.24) is 4.90 Å². The van der Waals surface area contributed by atoms with E-state index in [0.717, 1.165) is 12.8 Å². The number of carbonyl (C=O) groups is 2. The molecule has 0 saturated heterocycles. The fraction of sp³-hybridized carbons (Fsp3) is 0.263. The minimum absolute atomic E-state index is 0.0849. The Morgan fingerprint density at radius 1 is 1.04 bits per heavy atom. The molecule has 0 aliphatic heterocycles. The SMILES string of the molecule is CC(=O)N(CCCc1ccccc1)CC(=O)Nc1ccccc1F. The van der Waals surface area contributed by atoms with Crippen LogP contribution in [0.15, 0.2) is 54.6 Å². The molecule has 0 unspecified atom stereocenters. The largest absolute Gasteiger partial charge is 0.334 e. The molecule has 4 nitrogen and oxygen atoms in total. The molecule has 0 aliphatic carbocycles. The number of hydrogen-bond acceptors (Lipinski definition) is 2. The van der Waals surface area contributed by atoms with Gasteiger partial charge in [-0.25, -0.2) is 4.39 Å². The zero-order valence-corrected chi connectivity index (χ0v) is 13.7. The summed E-state index contributed by atoms with van der Waals surface area (Å²) in [6.07, 6.45) is 1.59. The normalized spacial score (nSPS) is 10.2. The number of hydrogen-bond donors (Lipinski definition) is 1. The standard InChI is InChI=1S/C19H21FN2O2/c1-15(23)22(13-7-10-16-8-3-2-4-9-16)14-19(24)21-18-12-6-5-11-17(18)20/h2-6,8-9,11-12H,7,10,13-14H2,1H3,(H,21,24). The van der Waals surface area contributed by atoms with Crippen molar-refractivity contribution in [3.8, 4) is 0 Å². The van der Waals surface area contributed by atoms with Crippen LogP contribution in [0, 0.1) is 5.82 Å². The Balaban J connectivity index is 1.85. The summed E-state index contributed by atoms with van der Waals surface area (Å²) in [6.45, 7) is 1.83. The van der Waals surface area contributed by atoms with Crippen molar-refractivity contribution in [2.75, 3.05) is 18.4 Å². The average Bonchev–Trinajstić information content (AvgIpc) is 2.57. The minimum Gasteiger partial charge on any atom is -0.334 e. The summed E-state index contributed by atoms with van der Waals surface area (Å²) in [5.74, 6) is -1.08. The number of para-hydroxylation sites is 1. The molecule has 0 fully saturated rings. The highest BCUT2D eigenvalue weighted by Gasteiger charge is 2.14. The van der Waals surface area contributed by atoms with Crippen LogP contribution < -0.4 is 5.32 Å². The predicted octanol–water partition coefficient (Wildman–Crippen LogP) is 3.25. The lowest BCUT2D eigenvalue weighted by Crippen LogP contribution is -2.37. The van der Waals surface area contributed by atoms with Crippen LogP contribution in [-0.2, 0) is 16.0 Å². The summed E-state index contributed by atoms with van der Waals surface area (Å²) in [5, 5.41) is 2.50. The van der Waals surface area contributed by atoms with Crippen LogP contribution in [-0.4, -0.2) is 29.8 Å². The highest BCUT2D eigenvalue weighted by molar-refractivity contribution is 5.94. The predicted molar refractivity (Wildman–Crippen MR) is 92.0 cm³/mol. The smallest absolute Gasteiger partial charge is 0.244 e. The van der Waals surface area contributed by atoms with Gasteiger partial charge in [0.25, 0.3) is 0 Å². The number of aryl methyl sites for hydroxylation is 1. The van der Waals surface area contributed by atoms with Gasteiger partial charge in [0, 0.05) is 13.5 Å². The molecule has 5 heteroatoms. The number of benzene rings is 2. The van der Waals surface area contributed by atoms with E-state index in [0.29, 0.717) is 6.54 Å². The van der Waals surface area contributed by atoms with Gasteiger partial charge >= 0.3 is 0 Å². The van der Waals surface area contributed by atoms with Gasteiger partial charge in [-0.2, -0.15) is 0 Å². The highest BCUT2D eigenvalue weighted by Crippen LogP contribution is 2.12. The molecule has 0 aliphatic rings. The molecule has 0 radical (unpaired) electrons. The van der Waals surface area contributed by atoms with Crippen molar-refractivity contribution in [2.45, 2.75) is 19.8 Å². The summed E-state index contributed by atoms with van der Waals surface area (Å²) in [4.78, 5) is 25.2. The molecule has 0 heterocycles. The molecule has 126 valence electrons. The summed E-state index contributed by atoms with van der Waals surface area (Å²) >= 11 is 0. The van der Waals surface area contributed by atoms with E-state index in [9.17, 15) is 14.0 Å². The first-order valence-corrected chi connectivity index (χ1v) is 7.90. The number of nitrogens with one attached hydrogen (secondary N) is 1. The Labute approximate surface area is 141 Å². The van der Waals surface area contributed by atoms with Crippen LogP contribution in [0.3, 0.4) is 0 Å². The summed E-state index contributed by atoms with van der Waals surface area (Å²) in [6, 6.07) is 15.9. The zero-order valence-electron chi connectivity index (χ0n) is 13.7. The van der Waals surface area contributed by atoms with Crippen LogP contribution in [0.5, 0.6) is 0 Å². The Kier molecular flexibility index (Phi) is 6.49. The third kappa shape index (κ3) is 5.50. The summed E-state index contributed by atoms with van der Waals surface area (Å²) in [7, 11) is 0. The van der Waals surface area contributed by atoms with Gasteiger partial charge in [0.2, 0.25) is 11.8 Å². The molecule has 0 spiro atoms. The monoisotopic (exact) mass is 328 g/mol. The lowest BCUT2D eigenvalue weighted by Gasteiger charge is -2.20. The molecule has 2 aromatic carbocycles. The van der Waals surface area contributed by atoms with E-state index < -0.39 is 11.7 Å². The first kappa shape index (κ1) is 17.7. The highest BCUT2D eigenvalue weighted by atomic mass is 19.1. The molecular weight excluding hydrogens is 307 g/mol. The van der Waals surface area contributed by atoms with Crippen LogP contribution >= 0.6 is 0 Å². The van der Waals surface area contributed by atoms with E-state index in [1.165, 1.54) is 29.5 Å². The number of carbonyl (C=O) groups excluding carboxylic acids is 2. The van der Waals surface area contributed by atoms with E-state index in [4.69, 9.17) is 0 Å². The van der Waals surface area contributed by atoms with Crippen LogP contribution in [0.25, 0.3) is 0 Å². The second-order valence-electron chi connectivity index (χ2n) is 5.56. The fourth-order valence-electron chi connectivity index (χ4n) is 2.39. The maximum absolute atomic E-state index is 13.5. The van der Waals surface area contributed by atoms with E-state index in [-0.39, 0.29) is 18.1 Å². The Morgan fingerprint density at radius 2 is 1.71 bits per heavy atom. The number of halogens is 1. The molecule has 1 N–H and O–H groups in total. The number of rotatable bonds is 7. The molecule has 0 saturated carbocycles. The summed E-state index contributed by atoms with van der Waals surface area (Å²) in [5.41, 5.74) is 1.31. The van der Waals surface area contributed by atoms with Crippen molar-refractivity contribution >= 4 is 17.5 Å². The molecule has 2 aromatic rings. The van der Waals surface area contributed by atoms with Crippen molar-refractivity contribution in [1.29, 1.82) is 0 Å². The number of amides is 2. The van der Waals surface area contributed by atoms with Crippen LogP contribution in [0.1, 0.15) is 18.9 Å². The van der Waals surface area contributed by atoms with Gasteiger partial charge in [-0.1, -0.05) is 42.5 Å². The molecule has 0 bridgehead atoms. The third-order valence-corrected chi connectivity index (χ3v) is 3.66. The second-order valence-corrected chi connectivity index (χ2v) is 5.56. The van der Waals surface area contributed by atoms with E-state index >= 15 is 0 Å². The van der Waals surface area contributed by atoms with Crippen molar-refractivity contribution < 1.29 is 14.0 Å². The minimum atomic E-state index is -0.496. The first-order valence-electron chi connectivity index (χ1n) is 7.90. The van der Waals surface area contributed by atoms with E-state index in [1.807, 2.05) is 30.3 Å². The fourth-order valence-corrected chi connectivity index (χ4v) is 2.39. The topological polar surface area (TPSA) is 49.4 Å². The Hall–Kier alpha value is -2.69. The number of nitrogens with zero attached hydrogens (tertiary/aromatic N) is 1. The maximum Gasteiger partial charge on any atom is 0.244 e. The van der Waals surface area contributed by atoms with Crippen LogP contribution in [0.4, 0.5) is 10.1 Å². The third-order valence-electron chi connectivity index (χ3n) is 3.66. The van der Waals surface area contributed by atoms with E-state index in [2.05, 4.69) is 5.32 Å². The van der Waals surface area contributed by atoms with Gasteiger partial charge in [0.05, 0.1) is 12.2 Å². The first-order chi connectivity index (χ1) is 11.6. The lowest BCUT2D eigenvalue weighted by atomic mass is 10.1. The molecule has 2 rings (SSSR count). The Bertz CT molecular complexity index is 689. The van der Waals surface area contributed by atoms with Gasteiger partial charge in [-0.05, 0) is 30.5 Å². The Morgan fingerprint density at radius 3 is 2.38 bits per heavy atom. The molecule has 0 aromatic heterocycles. The van der Waals surface area contributed by atoms with E-state index in [1.54, 1.807) is 12.1 Å². The second kappa shape index (κ2) is 8.82. The van der Waals surface area contributed by atoms with Gasteiger partial charge in [-0.3, -0.25) is 9.59 Å². The molecular formula is C19H21FN2O2. The number of anilines is 1. The lowest BCUT2D eigenvalue weighted by molar-refractivity contribution is -0.132. The van der Waals surface area contributed by atoms with Gasteiger partial charge in [-0.15, -0.1) is 0 Å². The van der Waals surface area contributed by atoms with Gasteiger partial charge in [0.1, 0.15) is 5.82 Å². The van der Waals surface area contributed by atoms with Crippen molar-refractivity contribution in [3.05, 3.63) is 66.0 Å². The van der Waals surface area contributed by atoms with Gasteiger partial charge < -0.3 is 10.2 Å². The molecule has 24 heavy (non-hydrogen) atoms. The average molecular weight is 328 g/mol. The quantitative estimate of drug-likeness (QED) is 0.848. The van der Waals surface area contributed by atoms with Gasteiger partial charge in [0.15, 0.2) is 0 Å². The zero-order chi connectivity index (χ0) is 17.4. The molecule has 2 amide bonds. The van der Waals surface area contributed by atoms with Crippen LogP contribution in [0.2, 0.25) is 0 Å². The molecule has 0 atom stereocenters. The maximum atomic E-state index is 13.5.